The highest BCUT2D eigenvalue weighted by Crippen LogP contribution is 2.67. The molecule has 0 amide bonds. The Morgan fingerprint density at radius 1 is 0.854 bits per heavy atom. The highest BCUT2D eigenvalue weighted by atomic mass is 32.2. The van der Waals surface area contributed by atoms with Gasteiger partial charge in [-0.2, -0.15) is 4.31 Å². The van der Waals surface area contributed by atoms with Crippen molar-refractivity contribution in [3.63, 3.8) is 0 Å². The summed E-state index contributed by atoms with van der Waals surface area (Å²) in [7, 11) is -3.61. The van der Waals surface area contributed by atoms with Crippen LogP contribution < -0.4 is 5.73 Å². The number of nitrogens with two attached hydrogens (primary N) is 1. The van der Waals surface area contributed by atoms with Gasteiger partial charge < -0.3 is 10.5 Å². The molecule has 0 saturated heterocycles. The van der Waals surface area contributed by atoms with Crippen LogP contribution in [-0.2, 0) is 32.4 Å². The molecule has 6 nitrogen and oxygen atoms in total. The average molecular weight is 677 g/mol. The lowest BCUT2D eigenvalue weighted by Crippen LogP contribution is -2.55. The van der Waals surface area contributed by atoms with Gasteiger partial charge in [-0.05, 0) is 93.1 Å². The number of sulfonamides is 1. The molecule has 7 heteroatoms. The molecule has 2 aromatic carbocycles. The first-order valence-corrected chi connectivity index (χ1v) is 20.7. The van der Waals surface area contributed by atoms with Crippen molar-refractivity contribution < 1.29 is 17.9 Å². The standard InChI is InChI=1S/C41H60N2O4S/c1-39(2)34-25-27-41(39,31-48(45,46)43(35-21-11-5-12-22-35)36-23-13-6-14-24-36)37(28-34)47-38(44)40(30-42,29-33-18-9-4-10-19-33)26-15-20-32-16-7-3-8-17-32/h3-4,7-10,16-19,34-37H,5-6,11-15,20-31,42H2,1-2H3/t34-,37-,40-,41-/m1/s1. The number of rotatable bonds is 14. The summed E-state index contributed by atoms with van der Waals surface area (Å²) in [5, 5.41) is 0. The molecular formula is C41H60N2O4S. The number of fused-ring (bicyclic) bond motifs is 2. The molecule has 0 aliphatic heterocycles. The fourth-order valence-electron chi connectivity index (χ4n) is 10.4. The average Bonchev–Trinajstić information content (AvgIpc) is 3.44. The number of hydrogen-bond acceptors (Lipinski definition) is 5. The van der Waals surface area contributed by atoms with Crippen LogP contribution in [0.2, 0.25) is 0 Å². The van der Waals surface area contributed by atoms with E-state index in [4.69, 9.17) is 10.5 Å². The minimum absolute atomic E-state index is 0.0801. The molecule has 0 heterocycles. The first-order chi connectivity index (χ1) is 23.1. The van der Waals surface area contributed by atoms with E-state index in [1.165, 1.54) is 18.4 Å². The molecule has 2 N–H and O–H groups in total. The van der Waals surface area contributed by atoms with E-state index >= 15 is 0 Å². The van der Waals surface area contributed by atoms with Gasteiger partial charge in [0.2, 0.25) is 10.0 Å². The summed E-state index contributed by atoms with van der Waals surface area (Å²) in [5.41, 5.74) is 7.17. The second-order valence-corrected chi connectivity index (χ2v) is 18.3. The monoisotopic (exact) mass is 676 g/mol. The molecule has 0 spiro atoms. The number of benzene rings is 2. The largest absolute Gasteiger partial charge is 0.461 e. The van der Waals surface area contributed by atoms with Gasteiger partial charge in [0.1, 0.15) is 6.10 Å². The lowest BCUT2D eigenvalue weighted by Gasteiger charge is -2.46. The van der Waals surface area contributed by atoms with Gasteiger partial charge >= 0.3 is 5.97 Å². The highest BCUT2D eigenvalue weighted by molar-refractivity contribution is 7.89. The molecular weight excluding hydrogens is 617 g/mol. The Kier molecular flexibility index (Phi) is 11.1. The van der Waals surface area contributed by atoms with Crippen molar-refractivity contribution in [2.45, 2.75) is 141 Å². The maximum Gasteiger partial charge on any atom is 0.313 e. The number of ether oxygens (including phenoxy) is 1. The minimum Gasteiger partial charge on any atom is -0.461 e. The Morgan fingerprint density at radius 3 is 1.96 bits per heavy atom. The fraction of sp³-hybridized carbons (Fsp3) is 0.683. The summed E-state index contributed by atoms with van der Waals surface area (Å²) in [6.07, 6.45) is 15.6. The number of carbonyl (C=O) groups excluding carboxylic acids is 1. The van der Waals surface area contributed by atoms with Gasteiger partial charge in [-0.1, -0.05) is 113 Å². The zero-order valence-electron chi connectivity index (χ0n) is 29.6. The molecule has 4 saturated carbocycles. The number of hydrogen-bond donors (Lipinski definition) is 1. The van der Waals surface area contributed by atoms with Crippen LogP contribution in [0.4, 0.5) is 0 Å². The first kappa shape index (κ1) is 35.6. The molecule has 0 radical (unpaired) electrons. The summed E-state index contributed by atoms with van der Waals surface area (Å²) in [6, 6.07) is 20.7. The van der Waals surface area contributed by atoms with Crippen molar-refractivity contribution in [2.75, 3.05) is 12.3 Å². The molecule has 0 aromatic heterocycles. The summed E-state index contributed by atoms with van der Waals surface area (Å²) < 4.78 is 38.6. The fourth-order valence-corrected chi connectivity index (χ4v) is 13.2. The summed E-state index contributed by atoms with van der Waals surface area (Å²) in [5.74, 6) is 0.169. The van der Waals surface area contributed by atoms with Crippen LogP contribution in [-0.4, -0.2) is 49.2 Å². The van der Waals surface area contributed by atoms with Gasteiger partial charge in [-0.3, -0.25) is 4.79 Å². The van der Waals surface area contributed by atoms with Gasteiger partial charge in [0.25, 0.3) is 0 Å². The van der Waals surface area contributed by atoms with Crippen molar-refractivity contribution in [3.05, 3.63) is 71.8 Å². The smallest absolute Gasteiger partial charge is 0.313 e. The zero-order valence-corrected chi connectivity index (χ0v) is 30.4. The number of carbonyl (C=O) groups is 1. The first-order valence-electron chi connectivity index (χ1n) is 19.1. The molecule has 264 valence electrons. The Hall–Kier alpha value is -2.22. The molecule has 0 unspecified atom stereocenters. The topological polar surface area (TPSA) is 89.7 Å². The van der Waals surface area contributed by atoms with E-state index in [0.717, 1.165) is 89.0 Å². The third kappa shape index (κ3) is 7.16. The molecule has 48 heavy (non-hydrogen) atoms. The van der Waals surface area contributed by atoms with Crippen LogP contribution in [0.25, 0.3) is 0 Å². The van der Waals surface area contributed by atoms with E-state index in [2.05, 4.69) is 50.2 Å². The number of aryl methyl sites for hydroxylation is 1. The van der Waals surface area contributed by atoms with Gasteiger partial charge in [0, 0.05) is 24.0 Å². The van der Waals surface area contributed by atoms with E-state index in [-0.39, 0.29) is 35.8 Å². The molecule has 4 atom stereocenters. The van der Waals surface area contributed by atoms with Crippen molar-refractivity contribution in [2.24, 2.45) is 27.9 Å². The van der Waals surface area contributed by atoms with Crippen LogP contribution in [0.15, 0.2) is 60.7 Å². The third-order valence-electron chi connectivity index (χ3n) is 13.4. The molecule has 6 rings (SSSR count). The van der Waals surface area contributed by atoms with E-state index < -0.39 is 27.0 Å². The molecule has 2 aromatic rings. The van der Waals surface area contributed by atoms with Gasteiger partial charge in [-0.25, -0.2) is 8.42 Å². The van der Waals surface area contributed by atoms with Gasteiger partial charge in [0.05, 0.1) is 11.2 Å². The SMILES string of the molecule is CC1(C)[C@@H]2CC[C@@]1(CS(=O)(=O)N(C1CCCCC1)C1CCCCC1)[C@H](OC(=O)[C@](CN)(CCCc1ccccc1)Cc1ccccc1)C2. The maximum absolute atomic E-state index is 14.9. The predicted molar refractivity (Wildman–Crippen MR) is 194 cm³/mol. The quantitative estimate of drug-likeness (QED) is 0.204. The Morgan fingerprint density at radius 2 is 1.42 bits per heavy atom. The molecule has 4 aliphatic carbocycles. The van der Waals surface area contributed by atoms with Gasteiger partial charge in [0.15, 0.2) is 0 Å². The van der Waals surface area contributed by atoms with E-state index in [1.54, 1.807) is 0 Å². The maximum atomic E-state index is 14.9. The minimum atomic E-state index is -3.61. The molecule has 4 aliphatic rings. The van der Waals surface area contributed by atoms with Crippen LogP contribution in [0.5, 0.6) is 0 Å². The van der Waals surface area contributed by atoms with E-state index in [1.807, 2.05) is 28.6 Å². The van der Waals surface area contributed by atoms with Crippen molar-refractivity contribution in [1.29, 1.82) is 0 Å². The zero-order chi connectivity index (χ0) is 33.8. The van der Waals surface area contributed by atoms with Crippen molar-refractivity contribution in [3.8, 4) is 0 Å². The summed E-state index contributed by atoms with van der Waals surface area (Å²) in [6.45, 7) is 4.69. The van der Waals surface area contributed by atoms with Crippen molar-refractivity contribution >= 4 is 16.0 Å². The number of nitrogens with zero attached hydrogens (tertiary/aromatic N) is 1. The van der Waals surface area contributed by atoms with Crippen LogP contribution >= 0.6 is 0 Å². The molecule has 4 fully saturated rings. The Bertz CT molecular complexity index is 1430. The van der Waals surface area contributed by atoms with Crippen molar-refractivity contribution in [1.82, 2.24) is 4.31 Å². The summed E-state index contributed by atoms with van der Waals surface area (Å²) >= 11 is 0. The molecule has 2 bridgehead atoms. The van der Waals surface area contributed by atoms with Crippen LogP contribution in [0.1, 0.15) is 121 Å². The summed E-state index contributed by atoms with van der Waals surface area (Å²) in [4.78, 5) is 14.7. The number of esters is 1. The van der Waals surface area contributed by atoms with Crippen LogP contribution in [0.3, 0.4) is 0 Å². The lowest BCUT2D eigenvalue weighted by atomic mass is 9.69. The van der Waals surface area contributed by atoms with E-state index in [9.17, 15) is 13.2 Å². The Balaban J connectivity index is 1.27. The third-order valence-corrected chi connectivity index (χ3v) is 15.5. The lowest BCUT2D eigenvalue weighted by molar-refractivity contribution is -0.169. The normalized spacial score (nSPS) is 27.6. The highest BCUT2D eigenvalue weighted by Gasteiger charge is 2.67. The second kappa shape index (κ2) is 14.9. The van der Waals surface area contributed by atoms with Crippen LogP contribution in [0, 0.1) is 22.2 Å². The predicted octanol–water partition coefficient (Wildman–Crippen LogP) is 8.23. The van der Waals surface area contributed by atoms with Gasteiger partial charge in [-0.15, -0.1) is 0 Å². The Labute approximate surface area is 290 Å². The second-order valence-electron chi connectivity index (χ2n) is 16.4. The van der Waals surface area contributed by atoms with E-state index in [0.29, 0.717) is 18.8 Å².